The standard InChI is InChI=1S/C18H15ClF2O4S/c19-12-1-3-13(4-2-12)26(22,23)18-7-8-24-9-11(18)10-25-17-15(21)6-5-14(20)16(17)18/h1-6,11H,7-10H2/t11-,18-/m0/s1. The smallest absolute Gasteiger partial charge is 0.189 e. The fourth-order valence-corrected chi connectivity index (χ4v) is 6.29. The molecule has 2 aromatic rings. The Morgan fingerprint density at radius 2 is 1.73 bits per heavy atom. The molecule has 0 aliphatic carbocycles. The molecule has 0 N–H and O–H groups in total. The van der Waals surface area contributed by atoms with Crippen LogP contribution < -0.4 is 4.74 Å². The Balaban J connectivity index is 2.02. The number of fused-ring (bicyclic) bond motifs is 3. The Labute approximate surface area is 154 Å². The summed E-state index contributed by atoms with van der Waals surface area (Å²) in [6.45, 7) is 0.140. The highest BCUT2D eigenvalue weighted by atomic mass is 35.5. The van der Waals surface area contributed by atoms with Crippen molar-refractivity contribution in [3.05, 3.63) is 58.6 Å². The Kier molecular flexibility index (Phi) is 4.21. The summed E-state index contributed by atoms with van der Waals surface area (Å²) in [4.78, 5) is 0.00492. The average Bonchev–Trinajstić information content (AvgIpc) is 2.64. The third kappa shape index (κ3) is 2.37. The second-order valence-electron chi connectivity index (χ2n) is 6.41. The number of halogens is 3. The molecule has 0 unspecified atom stereocenters. The van der Waals surface area contributed by atoms with Crippen LogP contribution in [0.4, 0.5) is 8.78 Å². The van der Waals surface area contributed by atoms with E-state index in [1.54, 1.807) is 0 Å². The highest BCUT2D eigenvalue weighted by Crippen LogP contribution is 2.53. The molecular formula is C18H15ClF2O4S. The third-order valence-corrected chi connectivity index (χ3v) is 7.96. The van der Waals surface area contributed by atoms with Crippen LogP contribution in [-0.4, -0.2) is 28.2 Å². The molecule has 4 nitrogen and oxygen atoms in total. The highest BCUT2D eigenvalue weighted by molar-refractivity contribution is 7.92. The van der Waals surface area contributed by atoms with Crippen LogP contribution in [0.15, 0.2) is 41.3 Å². The van der Waals surface area contributed by atoms with Crippen molar-refractivity contribution in [2.75, 3.05) is 19.8 Å². The molecule has 1 saturated heterocycles. The van der Waals surface area contributed by atoms with Gasteiger partial charge in [-0.3, -0.25) is 0 Å². The van der Waals surface area contributed by atoms with Gasteiger partial charge in [0.15, 0.2) is 21.4 Å². The first-order valence-electron chi connectivity index (χ1n) is 8.07. The van der Waals surface area contributed by atoms with Gasteiger partial charge in [0, 0.05) is 17.5 Å². The lowest BCUT2D eigenvalue weighted by atomic mass is 9.79. The number of hydrogen-bond donors (Lipinski definition) is 0. The van der Waals surface area contributed by atoms with Crippen LogP contribution in [0.2, 0.25) is 5.02 Å². The minimum Gasteiger partial charge on any atom is -0.490 e. The van der Waals surface area contributed by atoms with Gasteiger partial charge in [0.05, 0.1) is 23.7 Å². The van der Waals surface area contributed by atoms with Gasteiger partial charge in [0.2, 0.25) is 0 Å². The number of hydrogen-bond acceptors (Lipinski definition) is 4. The van der Waals surface area contributed by atoms with E-state index in [1.807, 2.05) is 0 Å². The second-order valence-corrected chi connectivity index (χ2v) is 9.06. The van der Waals surface area contributed by atoms with E-state index in [-0.39, 0.29) is 42.4 Å². The van der Waals surface area contributed by atoms with Crippen LogP contribution in [-0.2, 0) is 19.3 Å². The first-order chi connectivity index (χ1) is 12.4. The molecule has 4 rings (SSSR count). The van der Waals surface area contributed by atoms with Crippen molar-refractivity contribution in [2.45, 2.75) is 16.1 Å². The maximum Gasteiger partial charge on any atom is 0.189 e. The predicted octanol–water partition coefficient (Wildman–Crippen LogP) is 3.72. The predicted molar refractivity (Wildman–Crippen MR) is 91.1 cm³/mol. The quantitative estimate of drug-likeness (QED) is 0.771. The van der Waals surface area contributed by atoms with Crippen molar-refractivity contribution in [3.63, 3.8) is 0 Å². The molecule has 0 bridgehead atoms. The molecule has 8 heteroatoms. The number of benzene rings is 2. The van der Waals surface area contributed by atoms with E-state index in [4.69, 9.17) is 21.1 Å². The largest absolute Gasteiger partial charge is 0.490 e. The summed E-state index contributed by atoms with van der Waals surface area (Å²) in [6.07, 6.45) is 0.0133. The summed E-state index contributed by atoms with van der Waals surface area (Å²) >= 11 is 5.87. The molecule has 0 saturated carbocycles. The van der Waals surface area contributed by atoms with E-state index in [0.29, 0.717) is 5.02 Å². The normalized spacial score (nSPS) is 25.1. The van der Waals surface area contributed by atoms with Crippen molar-refractivity contribution in [1.82, 2.24) is 0 Å². The van der Waals surface area contributed by atoms with Crippen LogP contribution in [0.5, 0.6) is 5.75 Å². The summed E-state index contributed by atoms with van der Waals surface area (Å²) in [7, 11) is -4.08. The van der Waals surface area contributed by atoms with Gasteiger partial charge in [-0.2, -0.15) is 0 Å². The van der Waals surface area contributed by atoms with E-state index in [1.165, 1.54) is 24.3 Å². The molecule has 2 aliphatic heterocycles. The number of ether oxygens (including phenoxy) is 2. The molecule has 0 radical (unpaired) electrons. The van der Waals surface area contributed by atoms with E-state index >= 15 is 0 Å². The van der Waals surface area contributed by atoms with Crippen LogP contribution in [0, 0.1) is 17.6 Å². The summed E-state index contributed by atoms with van der Waals surface area (Å²) < 4.78 is 65.5. The number of sulfone groups is 1. The molecule has 2 atom stereocenters. The average molecular weight is 401 g/mol. The lowest BCUT2D eigenvalue weighted by molar-refractivity contribution is -0.00653. The molecule has 2 aliphatic rings. The molecule has 0 aromatic heterocycles. The fraction of sp³-hybridized carbons (Fsp3) is 0.333. The van der Waals surface area contributed by atoms with Gasteiger partial charge in [-0.1, -0.05) is 11.6 Å². The zero-order chi connectivity index (χ0) is 18.5. The molecule has 0 amide bonds. The first-order valence-corrected chi connectivity index (χ1v) is 9.93. The zero-order valence-electron chi connectivity index (χ0n) is 13.5. The summed E-state index contributed by atoms with van der Waals surface area (Å²) in [5, 5.41) is 0.384. The van der Waals surface area contributed by atoms with Crippen LogP contribution in [0.25, 0.3) is 0 Å². The van der Waals surface area contributed by atoms with Crippen LogP contribution in [0.3, 0.4) is 0 Å². The van der Waals surface area contributed by atoms with E-state index in [0.717, 1.165) is 12.1 Å². The first kappa shape index (κ1) is 17.7. The molecular weight excluding hydrogens is 386 g/mol. The number of rotatable bonds is 2. The molecule has 2 aromatic carbocycles. The summed E-state index contributed by atoms with van der Waals surface area (Å²) in [5.41, 5.74) is -0.244. The maximum atomic E-state index is 14.8. The Morgan fingerprint density at radius 3 is 2.46 bits per heavy atom. The Bertz CT molecular complexity index is 962. The molecule has 0 spiro atoms. The second kappa shape index (κ2) is 6.18. The minimum absolute atomic E-state index is 0.00492. The van der Waals surface area contributed by atoms with Crippen LogP contribution in [0.1, 0.15) is 12.0 Å². The Hall–Kier alpha value is -1.70. The monoisotopic (exact) mass is 400 g/mol. The van der Waals surface area contributed by atoms with Crippen LogP contribution >= 0.6 is 11.6 Å². The molecule has 1 fully saturated rings. The zero-order valence-corrected chi connectivity index (χ0v) is 15.1. The van der Waals surface area contributed by atoms with Gasteiger partial charge in [-0.25, -0.2) is 17.2 Å². The molecule has 138 valence electrons. The van der Waals surface area contributed by atoms with Gasteiger partial charge in [0.25, 0.3) is 0 Å². The SMILES string of the molecule is O=S(=O)(c1ccc(Cl)cc1)[C@@]12CCOC[C@H]1COc1c(F)ccc(F)c12. The van der Waals surface area contributed by atoms with Gasteiger partial charge < -0.3 is 9.47 Å². The van der Waals surface area contributed by atoms with Gasteiger partial charge in [0.1, 0.15) is 10.6 Å². The van der Waals surface area contributed by atoms with Crippen molar-refractivity contribution >= 4 is 21.4 Å². The van der Waals surface area contributed by atoms with Gasteiger partial charge >= 0.3 is 0 Å². The van der Waals surface area contributed by atoms with Gasteiger partial charge in [-0.05, 0) is 42.8 Å². The lowest BCUT2D eigenvalue weighted by Gasteiger charge is -2.46. The summed E-state index contributed by atoms with van der Waals surface area (Å²) in [5.74, 6) is -2.57. The van der Waals surface area contributed by atoms with Crippen molar-refractivity contribution < 1.29 is 26.7 Å². The summed E-state index contributed by atoms with van der Waals surface area (Å²) in [6, 6.07) is 7.56. The van der Waals surface area contributed by atoms with Gasteiger partial charge in [-0.15, -0.1) is 0 Å². The van der Waals surface area contributed by atoms with E-state index in [9.17, 15) is 17.2 Å². The third-order valence-electron chi connectivity index (χ3n) is 5.11. The van der Waals surface area contributed by atoms with E-state index in [2.05, 4.69) is 0 Å². The lowest BCUT2D eigenvalue weighted by Crippen LogP contribution is -2.54. The fourth-order valence-electron chi connectivity index (χ4n) is 3.86. The maximum absolute atomic E-state index is 14.8. The highest BCUT2D eigenvalue weighted by Gasteiger charge is 2.59. The van der Waals surface area contributed by atoms with Crippen molar-refractivity contribution in [2.24, 2.45) is 5.92 Å². The topological polar surface area (TPSA) is 52.6 Å². The molecule has 26 heavy (non-hydrogen) atoms. The van der Waals surface area contributed by atoms with Crippen molar-refractivity contribution in [3.8, 4) is 5.75 Å². The minimum atomic E-state index is -4.08. The van der Waals surface area contributed by atoms with Crippen molar-refractivity contribution in [1.29, 1.82) is 0 Å². The molecule has 2 heterocycles. The Morgan fingerprint density at radius 1 is 1.04 bits per heavy atom. The van der Waals surface area contributed by atoms with E-state index < -0.39 is 32.1 Å².